The molecule has 0 bridgehead atoms. The van der Waals surface area contributed by atoms with Crippen molar-refractivity contribution in [2.24, 2.45) is 0 Å². The number of aromatic nitrogens is 2. The highest BCUT2D eigenvalue weighted by Gasteiger charge is 2.26. The van der Waals surface area contributed by atoms with E-state index in [9.17, 15) is 13.8 Å². The van der Waals surface area contributed by atoms with Crippen LogP contribution in [0.25, 0.3) is 11.1 Å². The molecule has 0 saturated heterocycles. The molecule has 1 atom stereocenters. The fourth-order valence-corrected chi connectivity index (χ4v) is 4.76. The standard InChI is InChI=1S/C20H18N2O3S/c23-18-17(16-10-5-2-6-11-16)19-21(12-7-13-26(19)25)20(24)22(18)14-15-8-3-1-4-9-15/h1-6,8-11H,7,12-14H2. The van der Waals surface area contributed by atoms with Crippen LogP contribution in [0.2, 0.25) is 0 Å². The van der Waals surface area contributed by atoms with Crippen LogP contribution in [-0.4, -0.2) is 19.1 Å². The highest BCUT2D eigenvalue weighted by atomic mass is 32.2. The SMILES string of the molecule is O=c1c(-c2ccccc2)c2n(c(=O)n1Cc1ccccc1)CCCS2=O. The Morgan fingerprint density at radius 1 is 0.923 bits per heavy atom. The summed E-state index contributed by atoms with van der Waals surface area (Å²) in [7, 11) is -1.35. The summed E-state index contributed by atoms with van der Waals surface area (Å²) in [5.74, 6) is 0.474. The van der Waals surface area contributed by atoms with Gasteiger partial charge in [-0.1, -0.05) is 60.7 Å². The largest absolute Gasteiger partial charge is 0.332 e. The van der Waals surface area contributed by atoms with E-state index in [1.807, 2.05) is 60.7 Å². The molecule has 132 valence electrons. The summed E-state index contributed by atoms with van der Waals surface area (Å²) in [5, 5.41) is 0.363. The monoisotopic (exact) mass is 366 g/mol. The maximum absolute atomic E-state index is 13.2. The second kappa shape index (κ2) is 6.88. The molecule has 0 amide bonds. The smallest absolute Gasteiger partial charge is 0.285 e. The second-order valence-electron chi connectivity index (χ2n) is 6.26. The van der Waals surface area contributed by atoms with Gasteiger partial charge in [-0.2, -0.15) is 0 Å². The van der Waals surface area contributed by atoms with E-state index in [2.05, 4.69) is 0 Å². The topological polar surface area (TPSA) is 61.1 Å². The summed E-state index contributed by atoms with van der Waals surface area (Å²) in [6.45, 7) is 0.681. The third-order valence-electron chi connectivity index (χ3n) is 4.55. The Morgan fingerprint density at radius 3 is 2.27 bits per heavy atom. The van der Waals surface area contributed by atoms with Gasteiger partial charge < -0.3 is 0 Å². The maximum Gasteiger partial charge on any atom is 0.332 e. The molecule has 3 aromatic rings. The van der Waals surface area contributed by atoms with Gasteiger partial charge in [-0.25, -0.2) is 4.79 Å². The number of fused-ring (bicyclic) bond motifs is 1. The summed E-state index contributed by atoms with van der Waals surface area (Å²) in [6, 6.07) is 18.6. The minimum atomic E-state index is -1.35. The third kappa shape index (κ3) is 2.86. The average Bonchev–Trinajstić information content (AvgIpc) is 2.68. The predicted octanol–water partition coefficient (Wildman–Crippen LogP) is 2.24. The van der Waals surface area contributed by atoms with Crippen LogP contribution < -0.4 is 11.2 Å². The van der Waals surface area contributed by atoms with Gasteiger partial charge in [0, 0.05) is 12.3 Å². The van der Waals surface area contributed by atoms with Crippen LogP contribution >= 0.6 is 0 Å². The maximum atomic E-state index is 13.2. The van der Waals surface area contributed by atoms with Crippen LogP contribution in [-0.2, 0) is 23.9 Å². The van der Waals surface area contributed by atoms with E-state index in [0.717, 1.165) is 5.56 Å². The molecule has 1 unspecified atom stereocenters. The molecular formula is C20H18N2O3S. The van der Waals surface area contributed by atoms with E-state index in [4.69, 9.17) is 0 Å². The van der Waals surface area contributed by atoms with Crippen molar-refractivity contribution < 1.29 is 4.21 Å². The molecule has 6 heteroatoms. The zero-order valence-electron chi connectivity index (χ0n) is 14.1. The lowest BCUT2D eigenvalue weighted by Gasteiger charge is -2.22. The normalized spacial score (nSPS) is 16.2. The van der Waals surface area contributed by atoms with Crippen LogP contribution in [0.15, 0.2) is 75.3 Å². The Balaban J connectivity index is 2.01. The summed E-state index contributed by atoms with van der Waals surface area (Å²) >= 11 is 0. The zero-order chi connectivity index (χ0) is 18.1. The van der Waals surface area contributed by atoms with E-state index in [-0.39, 0.29) is 17.8 Å². The first-order chi connectivity index (χ1) is 12.7. The third-order valence-corrected chi connectivity index (χ3v) is 6.07. The van der Waals surface area contributed by atoms with Gasteiger partial charge in [0.25, 0.3) is 5.56 Å². The molecule has 26 heavy (non-hydrogen) atoms. The van der Waals surface area contributed by atoms with Gasteiger partial charge in [-0.05, 0) is 17.5 Å². The first kappa shape index (κ1) is 16.7. The molecular weight excluding hydrogens is 348 g/mol. The van der Waals surface area contributed by atoms with Crippen LogP contribution in [0.5, 0.6) is 0 Å². The number of benzene rings is 2. The van der Waals surface area contributed by atoms with Crippen molar-refractivity contribution in [2.75, 3.05) is 5.75 Å². The van der Waals surface area contributed by atoms with Crippen molar-refractivity contribution in [1.82, 2.24) is 9.13 Å². The Bertz CT molecular complexity index is 1090. The first-order valence-electron chi connectivity index (χ1n) is 8.52. The molecule has 4 rings (SSSR count). The van der Waals surface area contributed by atoms with E-state index in [1.165, 1.54) is 9.13 Å². The first-order valence-corrected chi connectivity index (χ1v) is 9.84. The van der Waals surface area contributed by atoms with Gasteiger partial charge in [-0.15, -0.1) is 0 Å². The number of rotatable bonds is 3. The van der Waals surface area contributed by atoms with Crippen LogP contribution in [0, 0.1) is 0 Å². The van der Waals surface area contributed by atoms with E-state index < -0.39 is 10.8 Å². The second-order valence-corrected chi connectivity index (χ2v) is 7.75. The molecule has 0 spiro atoms. The molecule has 1 aromatic heterocycles. The van der Waals surface area contributed by atoms with E-state index in [0.29, 0.717) is 34.9 Å². The molecule has 0 aliphatic carbocycles. The highest BCUT2D eigenvalue weighted by Crippen LogP contribution is 2.25. The summed E-state index contributed by atoms with van der Waals surface area (Å²) < 4.78 is 15.4. The van der Waals surface area contributed by atoms with Gasteiger partial charge in [0.1, 0.15) is 5.03 Å². The lowest BCUT2D eigenvalue weighted by Crippen LogP contribution is -2.44. The summed E-state index contributed by atoms with van der Waals surface area (Å²) in [6.07, 6.45) is 0.664. The van der Waals surface area contributed by atoms with Gasteiger partial charge in [0.05, 0.1) is 22.9 Å². The lowest BCUT2D eigenvalue weighted by atomic mass is 10.1. The predicted molar refractivity (Wildman–Crippen MR) is 102 cm³/mol. The van der Waals surface area contributed by atoms with Crippen molar-refractivity contribution >= 4 is 10.8 Å². The van der Waals surface area contributed by atoms with Crippen molar-refractivity contribution in [3.8, 4) is 11.1 Å². The van der Waals surface area contributed by atoms with Gasteiger partial charge >= 0.3 is 5.69 Å². The Kier molecular flexibility index (Phi) is 4.42. The van der Waals surface area contributed by atoms with E-state index in [1.54, 1.807) is 0 Å². The molecule has 0 fully saturated rings. The van der Waals surface area contributed by atoms with Crippen LogP contribution in [0.1, 0.15) is 12.0 Å². The minimum Gasteiger partial charge on any atom is -0.285 e. The molecule has 2 heterocycles. The Labute approximate surface area is 153 Å². The number of nitrogens with zero attached hydrogens (tertiary/aromatic N) is 2. The molecule has 5 nitrogen and oxygen atoms in total. The number of hydrogen-bond acceptors (Lipinski definition) is 3. The molecule has 2 aromatic carbocycles. The van der Waals surface area contributed by atoms with Gasteiger partial charge in [-0.3, -0.25) is 18.1 Å². The van der Waals surface area contributed by atoms with Crippen molar-refractivity contribution in [2.45, 2.75) is 24.5 Å². The fourth-order valence-electron chi connectivity index (χ4n) is 3.32. The Hall–Kier alpha value is -2.73. The summed E-state index contributed by atoms with van der Waals surface area (Å²) in [5.41, 5.74) is 1.17. The summed E-state index contributed by atoms with van der Waals surface area (Å²) in [4.78, 5) is 26.2. The molecule has 1 aliphatic heterocycles. The minimum absolute atomic E-state index is 0.200. The van der Waals surface area contributed by atoms with Crippen molar-refractivity contribution in [1.29, 1.82) is 0 Å². The van der Waals surface area contributed by atoms with Gasteiger partial charge in [0.2, 0.25) is 0 Å². The molecule has 0 saturated carbocycles. The average molecular weight is 366 g/mol. The van der Waals surface area contributed by atoms with E-state index >= 15 is 0 Å². The molecule has 0 N–H and O–H groups in total. The molecule has 0 radical (unpaired) electrons. The lowest BCUT2D eigenvalue weighted by molar-refractivity contribution is 0.513. The van der Waals surface area contributed by atoms with Crippen molar-refractivity contribution in [3.63, 3.8) is 0 Å². The zero-order valence-corrected chi connectivity index (χ0v) is 14.9. The van der Waals surface area contributed by atoms with Crippen LogP contribution in [0.4, 0.5) is 0 Å². The Morgan fingerprint density at radius 2 is 1.58 bits per heavy atom. The quantitative estimate of drug-likeness (QED) is 0.668. The molecule has 1 aliphatic rings. The van der Waals surface area contributed by atoms with Crippen LogP contribution in [0.3, 0.4) is 0 Å². The van der Waals surface area contributed by atoms with Gasteiger partial charge in [0.15, 0.2) is 0 Å². The van der Waals surface area contributed by atoms with Crippen molar-refractivity contribution in [3.05, 3.63) is 87.1 Å². The number of hydrogen-bond donors (Lipinski definition) is 0. The fraction of sp³-hybridized carbons (Fsp3) is 0.200. The highest BCUT2D eigenvalue weighted by molar-refractivity contribution is 7.85.